The third kappa shape index (κ3) is 7.31. The first-order valence-corrected chi connectivity index (χ1v) is 8.46. The maximum Gasteiger partial charge on any atom is 0.0243 e. The van der Waals surface area contributed by atoms with Gasteiger partial charge >= 0.3 is 0 Å². The van der Waals surface area contributed by atoms with Crippen LogP contribution in [0.25, 0.3) is 0 Å². The van der Waals surface area contributed by atoms with Crippen LogP contribution in [0, 0.1) is 11.3 Å². The summed E-state index contributed by atoms with van der Waals surface area (Å²) in [6, 6.07) is 0.655. The Balaban J connectivity index is 1.95. The molecule has 0 aromatic carbocycles. The van der Waals surface area contributed by atoms with Gasteiger partial charge in [0.05, 0.1) is 0 Å². The highest BCUT2D eigenvalue weighted by atomic mass is 15.0. The highest BCUT2D eigenvalue weighted by Crippen LogP contribution is 2.29. The lowest BCUT2D eigenvalue weighted by Gasteiger charge is -2.39. The molecular formula is C17H36N2. The fourth-order valence-corrected chi connectivity index (χ4v) is 3.02. The average Bonchev–Trinajstić information content (AvgIpc) is 2.33. The SMILES string of the molecule is CC(C)CCCCCCNCC1NCCCC1(C)C. The van der Waals surface area contributed by atoms with Crippen LogP contribution in [-0.4, -0.2) is 25.7 Å². The predicted octanol–water partition coefficient (Wildman–Crippen LogP) is 3.96. The summed E-state index contributed by atoms with van der Waals surface area (Å²) < 4.78 is 0. The van der Waals surface area contributed by atoms with Crippen molar-refractivity contribution in [3.8, 4) is 0 Å². The Kier molecular flexibility index (Phi) is 8.01. The van der Waals surface area contributed by atoms with Gasteiger partial charge in [-0.1, -0.05) is 53.4 Å². The maximum absolute atomic E-state index is 3.67. The number of hydrogen-bond acceptors (Lipinski definition) is 2. The molecule has 1 aliphatic rings. The maximum atomic E-state index is 3.67. The molecule has 0 radical (unpaired) electrons. The Morgan fingerprint density at radius 2 is 1.89 bits per heavy atom. The Morgan fingerprint density at radius 3 is 2.58 bits per heavy atom. The molecule has 1 saturated heterocycles. The number of piperidine rings is 1. The molecule has 2 N–H and O–H groups in total. The predicted molar refractivity (Wildman–Crippen MR) is 85.6 cm³/mol. The molecule has 0 bridgehead atoms. The van der Waals surface area contributed by atoms with Crippen molar-refractivity contribution in [2.75, 3.05) is 19.6 Å². The van der Waals surface area contributed by atoms with E-state index in [9.17, 15) is 0 Å². The van der Waals surface area contributed by atoms with Crippen LogP contribution in [-0.2, 0) is 0 Å². The minimum atomic E-state index is 0.461. The van der Waals surface area contributed by atoms with Crippen molar-refractivity contribution >= 4 is 0 Å². The highest BCUT2D eigenvalue weighted by molar-refractivity contribution is 4.89. The molecule has 1 atom stereocenters. The lowest BCUT2D eigenvalue weighted by atomic mass is 9.77. The number of unbranched alkanes of at least 4 members (excludes halogenated alkanes) is 3. The van der Waals surface area contributed by atoms with Crippen molar-refractivity contribution in [1.82, 2.24) is 10.6 Å². The molecule has 0 saturated carbocycles. The van der Waals surface area contributed by atoms with Crippen LogP contribution in [0.5, 0.6) is 0 Å². The van der Waals surface area contributed by atoms with Crippen LogP contribution in [0.4, 0.5) is 0 Å². The minimum Gasteiger partial charge on any atom is -0.315 e. The van der Waals surface area contributed by atoms with E-state index in [-0.39, 0.29) is 0 Å². The second kappa shape index (κ2) is 8.97. The van der Waals surface area contributed by atoms with Gasteiger partial charge in [0.2, 0.25) is 0 Å². The Hall–Kier alpha value is -0.0800. The summed E-state index contributed by atoms with van der Waals surface area (Å²) in [5.74, 6) is 0.873. The first-order chi connectivity index (χ1) is 9.02. The minimum absolute atomic E-state index is 0.461. The second-order valence-corrected chi connectivity index (χ2v) is 7.40. The van der Waals surface area contributed by atoms with Crippen LogP contribution in [0.1, 0.15) is 72.6 Å². The van der Waals surface area contributed by atoms with E-state index in [0.29, 0.717) is 11.5 Å². The molecule has 1 aliphatic heterocycles. The fraction of sp³-hybridized carbons (Fsp3) is 1.00. The molecule has 0 aliphatic carbocycles. The third-order valence-electron chi connectivity index (χ3n) is 4.57. The zero-order valence-corrected chi connectivity index (χ0v) is 13.7. The van der Waals surface area contributed by atoms with Gasteiger partial charge in [0.15, 0.2) is 0 Å². The van der Waals surface area contributed by atoms with E-state index in [1.165, 1.54) is 58.0 Å². The molecule has 0 aromatic heterocycles. The van der Waals surface area contributed by atoms with Gasteiger partial charge in [-0.2, -0.15) is 0 Å². The zero-order valence-electron chi connectivity index (χ0n) is 13.7. The van der Waals surface area contributed by atoms with Gasteiger partial charge in [0, 0.05) is 12.6 Å². The van der Waals surface area contributed by atoms with E-state index in [0.717, 1.165) is 12.5 Å². The Morgan fingerprint density at radius 1 is 1.16 bits per heavy atom. The normalized spacial score (nSPS) is 22.9. The quantitative estimate of drug-likeness (QED) is 0.619. The molecule has 2 nitrogen and oxygen atoms in total. The molecule has 1 heterocycles. The highest BCUT2D eigenvalue weighted by Gasteiger charge is 2.31. The molecular weight excluding hydrogens is 232 g/mol. The van der Waals surface area contributed by atoms with Crippen LogP contribution in [0.2, 0.25) is 0 Å². The molecule has 1 rings (SSSR count). The monoisotopic (exact) mass is 268 g/mol. The summed E-state index contributed by atoms with van der Waals surface area (Å²) in [6.45, 7) is 13.0. The van der Waals surface area contributed by atoms with Gasteiger partial charge in [-0.3, -0.25) is 0 Å². The van der Waals surface area contributed by atoms with Crippen molar-refractivity contribution in [3.63, 3.8) is 0 Å². The number of nitrogens with one attached hydrogen (secondary N) is 2. The number of hydrogen-bond donors (Lipinski definition) is 2. The van der Waals surface area contributed by atoms with E-state index in [4.69, 9.17) is 0 Å². The van der Waals surface area contributed by atoms with E-state index < -0.39 is 0 Å². The molecule has 0 amide bonds. The molecule has 0 aromatic rings. The third-order valence-corrected chi connectivity index (χ3v) is 4.57. The van der Waals surface area contributed by atoms with Crippen LogP contribution >= 0.6 is 0 Å². The van der Waals surface area contributed by atoms with Gasteiger partial charge in [0.25, 0.3) is 0 Å². The van der Waals surface area contributed by atoms with Gasteiger partial charge in [-0.05, 0) is 43.7 Å². The topological polar surface area (TPSA) is 24.1 Å². The van der Waals surface area contributed by atoms with Crippen molar-refractivity contribution in [1.29, 1.82) is 0 Å². The Labute approximate surface area is 121 Å². The standard InChI is InChI=1S/C17H36N2/c1-15(2)10-7-5-6-8-12-18-14-16-17(3,4)11-9-13-19-16/h15-16,18-19H,5-14H2,1-4H3. The van der Waals surface area contributed by atoms with E-state index >= 15 is 0 Å². The van der Waals surface area contributed by atoms with Crippen molar-refractivity contribution in [2.45, 2.75) is 78.7 Å². The van der Waals surface area contributed by atoms with E-state index in [1.54, 1.807) is 0 Å². The van der Waals surface area contributed by atoms with E-state index in [1.807, 2.05) is 0 Å². The van der Waals surface area contributed by atoms with Gasteiger partial charge in [-0.15, -0.1) is 0 Å². The number of rotatable bonds is 9. The largest absolute Gasteiger partial charge is 0.315 e. The zero-order chi connectivity index (χ0) is 14.1. The molecule has 1 fully saturated rings. The summed E-state index contributed by atoms with van der Waals surface area (Å²) in [4.78, 5) is 0. The molecule has 19 heavy (non-hydrogen) atoms. The average molecular weight is 268 g/mol. The first-order valence-electron chi connectivity index (χ1n) is 8.46. The fourth-order valence-electron chi connectivity index (χ4n) is 3.02. The van der Waals surface area contributed by atoms with Gasteiger partial charge in [0.1, 0.15) is 0 Å². The van der Waals surface area contributed by atoms with E-state index in [2.05, 4.69) is 38.3 Å². The summed E-state index contributed by atoms with van der Waals surface area (Å²) >= 11 is 0. The van der Waals surface area contributed by atoms with Gasteiger partial charge < -0.3 is 10.6 Å². The molecule has 2 heteroatoms. The smallest absolute Gasteiger partial charge is 0.0243 e. The summed E-state index contributed by atoms with van der Waals surface area (Å²) in [7, 11) is 0. The lowest BCUT2D eigenvalue weighted by molar-refractivity contribution is 0.176. The summed E-state index contributed by atoms with van der Waals surface area (Å²) in [6.07, 6.45) is 9.64. The molecule has 0 spiro atoms. The lowest BCUT2D eigenvalue weighted by Crippen LogP contribution is -2.52. The molecule has 114 valence electrons. The Bertz CT molecular complexity index is 223. The summed E-state index contributed by atoms with van der Waals surface area (Å²) in [5, 5.41) is 7.32. The second-order valence-electron chi connectivity index (χ2n) is 7.40. The van der Waals surface area contributed by atoms with Crippen molar-refractivity contribution in [2.24, 2.45) is 11.3 Å². The molecule has 1 unspecified atom stereocenters. The van der Waals surface area contributed by atoms with Crippen LogP contribution in [0.3, 0.4) is 0 Å². The first kappa shape index (κ1) is 17.0. The summed E-state index contributed by atoms with van der Waals surface area (Å²) in [5.41, 5.74) is 0.461. The van der Waals surface area contributed by atoms with Crippen molar-refractivity contribution < 1.29 is 0 Å². The van der Waals surface area contributed by atoms with Crippen molar-refractivity contribution in [3.05, 3.63) is 0 Å². The van der Waals surface area contributed by atoms with Crippen LogP contribution < -0.4 is 10.6 Å². The van der Waals surface area contributed by atoms with Crippen LogP contribution in [0.15, 0.2) is 0 Å². The van der Waals surface area contributed by atoms with Gasteiger partial charge in [-0.25, -0.2) is 0 Å².